The monoisotopic (exact) mass is 428 g/mol. The van der Waals surface area contributed by atoms with Crippen LogP contribution < -0.4 is 29.6 Å². The first-order valence-corrected chi connectivity index (χ1v) is 13.0. The van der Waals surface area contributed by atoms with E-state index in [0.29, 0.717) is 12.8 Å². The number of unbranched alkanes of at least 4 members (excludes halogenated alkanes) is 15. The second-order valence-electron chi connectivity index (χ2n) is 8.07. The Morgan fingerprint density at radius 1 is 0.643 bits per heavy atom. The van der Waals surface area contributed by atoms with Crippen LogP contribution in [0.5, 0.6) is 0 Å². The average molecular weight is 429 g/mol. The van der Waals surface area contributed by atoms with Gasteiger partial charge in [0, 0.05) is 11.9 Å². The van der Waals surface area contributed by atoms with E-state index in [9.17, 15) is 13.0 Å². The molecule has 0 aliphatic rings. The van der Waals surface area contributed by atoms with Crippen LogP contribution in [0, 0.1) is 0 Å². The van der Waals surface area contributed by atoms with Crippen molar-refractivity contribution < 1.29 is 47.6 Å². The minimum atomic E-state index is -4.16. The number of hydrogen-bond donors (Lipinski definition) is 1. The molecular formula is C22H45NaO4S. The molecule has 0 aromatic carbocycles. The Morgan fingerprint density at radius 2 is 0.964 bits per heavy atom. The van der Waals surface area contributed by atoms with Crippen molar-refractivity contribution >= 4 is 10.1 Å². The molecule has 28 heavy (non-hydrogen) atoms. The topological polar surface area (TPSA) is 77.4 Å². The van der Waals surface area contributed by atoms with Crippen molar-refractivity contribution in [3.05, 3.63) is 0 Å². The van der Waals surface area contributed by atoms with Gasteiger partial charge < -0.3 is 9.66 Å². The smallest absolute Gasteiger partial charge is 0.748 e. The Kier molecular flexibility index (Phi) is 25.0. The normalized spacial score (nSPS) is 12.7. The molecule has 0 saturated heterocycles. The zero-order valence-electron chi connectivity index (χ0n) is 18.8. The molecule has 0 amide bonds. The molecule has 0 radical (unpaired) electrons. The van der Waals surface area contributed by atoms with E-state index in [4.69, 9.17) is 5.11 Å². The Morgan fingerprint density at radius 3 is 1.29 bits per heavy atom. The Balaban J connectivity index is 0. The van der Waals surface area contributed by atoms with Gasteiger partial charge in [0.2, 0.25) is 0 Å². The van der Waals surface area contributed by atoms with Gasteiger partial charge in [-0.25, -0.2) is 8.42 Å². The van der Waals surface area contributed by atoms with Gasteiger partial charge in [0.15, 0.2) is 0 Å². The number of hydrogen-bond acceptors (Lipinski definition) is 4. The molecule has 1 N–H and O–H groups in total. The number of aliphatic hydroxyl groups is 1. The summed E-state index contributed by atoms with van der Waals surface area (Å²) in [7, 11) is -4.16. The van der Waals surface area contributed by atoms with Gasteiger partial charge in [-0.2, -0.15) is 0 Å². The van der Waals surface area contributed by atoms with Crippen molar-refractivity contribution in [1.29, 1.82) is 0 Å². The summed E-state index contributed by atoms with van der Waals surface area (Å²) in [5.41, 5.74) is 0. The predicted octanol–water partition coefficient (Wildman–Crippen LogP) is 3.33. The summed E-state index contributed by atoms with van der Waals surface area (Å²) in [6, 6.07) is 0. The third-order valence-corrected chi connectivity index (χ3v) is 6.76. The Labute approximate surface area is 197 Å². The molecule has 0 aliphatic carbocycles. The van der Waals surface area contributed by atoms with E-state index >= 15 is 0 Å². The fraction of sp³-hybridized carbons (Fsp3) is 1.00. The maximum Gasteiger partial charge on any atom is 1.00 e. The summed E-state index contributed by atoms with van der Waals surface area (Å²) in [5.74, 6) is 0. The summed E-state index contributed by atoms with van der Waals surface area (Å²) in [4.78, 5) is 0. The molecule has 1 atom stereocenters. The maximum atomic E-state index is 11.5. The minimum absolute atomic E-state index is 0. The minimum Gasteiger partial charge on any atom is -0.748 e. The molecule has 0 fully saturated rings. The van der Waals surface area contributed by atoms with Gasteiger partial charge in [-0.1, -0.05) is 110 Å². The van der Waals surface area contributed by atoms with Crippen LogP contribution in [0.2, 0.25) is 0 Å². The molecule has 164 valence electrons. The van der Waals surface area contributed by atoms with E-state index in [1.807, 2.05) is 0 Å². The fourth-order valence-corrected chi connectivity index (χ4v) is 4.57. The van der Waals surface area contributed by atoms with Gasteiger partial charge >= 0.3 is 29.6 Å². The van der Waals surface area contributed by atoms with Gasteiger partial charge in [-0.3, -0.25) is 0 Å². The first kappa shape index (κ1) is 31.1. The van der Waals surface area contributed by atoms with Gasteiger partial charge in [-0.05, 0) is 19.3 Å². The number of aliphatic hydroxyl groups excluding tert-OH is 1. The maximum absolute atomic E-state index is 11.5. The van der Waals surface area contributed by atoms with E-state index in [0.717, 1.165) is 64.2 Å². The Hall–Kier alpha value is 0.870. The molecule has 0 saturated carbocycles. The molecule has 6 heteroatoms. The van der Waals surface area contributed by atoms with E-state index < -0.39 is 15.4 Å². The summed E-state index contributed by atoms with van der Waals surface area (Å²) >= 11 is 0. The van der Waals surface area contributed by atoms with E-state index in [-0.39, 0.29) is 36.2 Å². The fourth-order valence-electron chi connectivity index (χ4n) is 3.66. The van der Waals surface area contributed by atoms with Crippen LogP contribution in [-0.2, 0) is 10.1 Å². The summed E-state index contributed by atoms with van der Waals surface area (Å²) in [6.07, 6.45) is 20.4. The van der Waals surface area contributed by atoms with Crippen molar-refractivity contribution in [2.45, 2.75) is 134 Å². The van der Waals surface area contributed by atoms with Crippen molar-refractivity contribution in [1.82, 2.24) is 0 Å². The average Bonchev–Trinajstić information content (AvgIpc) is 2.62. The molecule has 0 aromatic rings. The van der Waals surface area contributed by atoms with Gasteiger partial charge in [0.1, 0.15) is 0 Å². The second kappa shape index (κ2) is 22.6. The standard InChI is InChI=1S/C22H46O4S.Na/c1-2-3-4-5-6-7-8-10-13-16-19-22(27(24,25)26)20-17-14-11-9-12-15-18-21-23;/h22-23H,2-21H2,1H3,(H,24,25,26);/q;+1/p-1. The van der Waals surface area contributed by atoms with E-state index in [2.05, 4.69) is 6.92 Å². The van der Waals surface area contributed by atoms with Gasteiger partial charge in [-0.15, -0.1) is 0 Å². The molecular weight excluding hydrogens is 383 g/mol. The Bertz CT molecular complexity index is 401. The van der Waals surface area contributed by atoms with Crippen LogP contribution in [0.25, 0.3) is 0 Å². The molecule has 4 nitrogen and oxygen atoms in total. The van der Waals surface area contributed by atoms with Crippen molar-refractivity contribution in [3.8, 4) is 0 Å². The van der Waals surface area contributed by atoms with E-state index in [1.165, 1.54) is 44.9 Å². The SMILES string of the molecule is CCCCCCCCCCCCC(CCCCCCCCCO)S(=O)(=O)[O-].[Na+]. The van der Waals surface area contributed by atoms with Crippen LogP contribution in [0.1, 0.15) is 129 Å². The molecule has 0 aliphatic heterocycles. The largest absolute Gasteiger partial charge is 1.00 e. The summed E-state index contributed by atoms with van der Waals surface area (Å²) < 4.78 is 34.4. The molecule has 0 heterocycles. The third-order valence-electron chi connectivity index (χ3n) is 5.47. The second-order valence-corrected chi connectivity index (χ2v) is 9.72. The van der Waals surface area contributed by atoms with Crippen molar-refractivity contribution in [3.63, 3.8) is 0 Å². The van der Waals surface area contributed by atoms with Gasteiger partial charge in [0.25, 0.3) is 0 Å². The van der Waals surface area contributed by atoms with Gasteiger partial charge in [0.05, 0.1) is 10.1 Å². The van der Waals surface area contributed by atoms with Crippen molar-refractivity contribution in [2.75, 3.05) is 6.61 Å². The van der Waals surface area contributed by atoms with E-state index in [1.54, 1.807) is 0 Å². The quantitative estimate of drug-likeness (QED) is 0.173. The molecule has 0 rings (SSSR count). The summed E-state index contributed by atoms with van der Waals surface area (Å²) in [6.45, 7) is 2.50. The van der Waals surface area contributed by atoms with Crippen LogP contribution in [0.4, 0.5) is 0 Å². The van der Waals surface area contributed by atoms with Crippen LogP contribution >= 0.6 is 0 Å². The van der Waals surface area contributed by atoms with Crippen molar-refractivity contribution in [2.24, 2.45) is 0 Å². The van der Waals surface area contributed by atoms with Crippen LogP contribution in [-0.4, -0.2) is 29.9 Å². The first-order chi connectivity index (χ1) is 13.0. The number of rotatable bonds is 21. The molecule has 0 bridgehead atoms. The molecule has 0 spiro atoms. The third kappa shape index (κ3) is 21.6. The first-order valence-electron chi connectivity index (χ1n) is 11.6. The zero-order valence-corrected chi connectivity index (χ0v) is 21.6. The zero-order chi connectivity index (χ0) is 20.2. The molecule has 0 aromatic heterocycles. The molecule has 1 unspecified atom stereocenters. The van der Waals surface area contributed by atoms with Crippen LogP contribution in [0.15, 0.2) is 0 Å². The van der Waals surface area contributed by atoms with Crippen LogP contribution in [0.3, 0.4) is 0 Å². The predicted molar refractivity (Wildman–Crippen MR) is 114 cm³/mol. The summed E-state index contributed by atoms with van der Waals surface area (Å²) in [5, 5.41) is 8.05.